The van der Waals surface area contributed by atoms with E-state index in [0.717, 1.165) is 88.6 Å². The van der Waals surface area contributed by atoms with E-state index in [0.29, 0.717) is 0 Å². The monoisotopic (exact) mass is 677 g/mol. The summed E-state index contributed by atoms with van der Waals surface area (Å²) in [6, 6.07) is 66.8. The third kappa shape index (κ3) is 4.68. The molecule has 0 bridgehead atoms. The molecule has 0 aliphatic carbocycles. The summed E-state index contributed by atoms with van der Waals surface area (Å²) in [6.45, 7) is 0. The number of rotatable bonds is 5. The van der Waals surface area contributed by atoms with Crippen LogP contribution in [-0.4, -0.2) is 0 Å². The van der Waals surface area contributed by atoms with E-state index in [4.69, 9.17) is 8.83 Å². The Hall–Kier alpha value is -7.10. The summed E-state index contributed by atoms with van der Waals surface area (Å²) >= 11 is 0. The highest BCUT2D eigenvalue weighted by molar-refractivity contribution is 6.19. The molecule has 11 rings (SSSR count). The maximum Gasteiger partial charge on any atom is 0.143 e. The second-order valence-corrected chi connectivity index (χ2v) is 13.7. The summed E-state index contributed by atoms with van der Waals surface area (Å²) < 4.78 is 12.8. The Morgan fingerprint density at radius 2 is 0.943 bits per heavy atom. The Morgan fingerprint density at radius 1 is 0.340 bits per heavy atom. The molecule has 0 aliphatic rings. The number of benzene rings is 9. The zero-order valence-electron chi connectivity index (χ0n) is 28.7. The average molecular weight is 678 g/mol. The average Bonchev–Trinajstić information content (AvgIpc) is 3.81. The van der Waals surface area contributed by atoms with Gasteiger partial charge in [0, 0.05) is 43.7 Å². The van der Waals surface area contributed by atoms with Crippen LogP contribution >= 0.6 is 0 Å². The van der Waals surface area contributed by atoms with Crippen molar-refractivity contribution in [3.05, 3.63) is 188 Å². The second kappa shape index (κ2) is 11.7. The molecule has 0 saturated heterocycles. The molecule has 9 aromatic carbocycles. The third-order valence-electron chi connectivity index (χ3n) is 10.6. The first-order valence-corrected chi connectivity index (χ1v) is 18.0. The van der Waals surface area contributed by atoms with Crippen LogP contribution in [0.25, 0.3) is 87.7 Å². The molecule has 0 radical (unpaired) electrons. The number of hydrogen-bond donors (Lipinski definition) is 0. The predicted octanol–water partition coefficient (Wildman–Crippen LogP) is 14.6. The smallest absolute Gasteiger partial charge is 0.143 e. The predicted molar refractivity (Wildman–Crippen MR) is 222 cm³/mol. The Balaban J connectivity index is 1.08. The van der Waals surface area contributed by atoms with Crippen molar-refractivity contribution in [1.29, 1.82) is 0 Å². The molecule has 53 heavy (non-hydrogen) atoms. The maximum absolute atomic E-state index is 6.53. The maximum atomic E-state index is 6.53. The number of furan rings is 2. The largest absolute Gasteiger partial charge is 0.456 e. The van der Waals surface area contributed by atoms with Gasteiger partial charge in [0.1, 0.15) is 22.3 Å². The van der Waals surface area contributed by atoms with Crippen LogP contribution in [0.3, 0.4) is 0 Å². The highest BCUT2D eigenvalue weighted by Gasteiger charge is 2.19. The van der Waals surface area contributed by atoms with Crippen LogP contribution in [-0.2, 0) is 0 Å². The molecular weight excluding hydrogens is 647 g/mol. The summed E-state index contributed by atoms with van der Waals surface area (Å²) in [5.41, 5.74) is 11.5. The standard InChI is InChI=1S/C50H31NO2/c1-3-16-38-32(11-1)13-8-21-44(38)51(37-15-7-14-35(31-37)40-20-10-23-46-48(40)42-18-5-6-22-45(42)52-46)36-28-25-34(26-29-36)39-19-9-24-47-49(39)43-30-27-33-12-2-4-17-41(33)50(43)53-47/h1-31H. The fraction of sp³-hybridized carbons (Fsp3) is 0. The molecule has 0 fully saturated rings. The van der Waals surface area contributed by atoms with Crippen LogP contribution in [0, 0.1) is 0 Å². The van der Waals surface area contributed by atoms with Crippen LogP contribution in [0.1, 0.15) is 0 Å². The number of nitrogens with zero attached hydrogens (tertiary/aromatic N) is 1. The lowest BCUT2D eigenvalue weighted by Gasteiger charge is -2.27. The van der Waals surface area contributed by atoms with E-state index in [9.17, 15) is 0 Å². The van der Waals surface area contributed by atoms with Crippen molar-refractivity contribution >= 4 is 82.5 Å². The summed E-state index contributed by atoms with van der Waals surface area (Å²) in [7, 11) is 0. The van der Waals surface area contributed by atoms with Gasteiger partial charge in [-0.05, 0) is 87.6 Å². The van der Waals surface area contributed by atoms with E-state index in [1.54, 1.807) is 0 Å². The third-order valence-corrected chi connectivity index (χ3v) is 10.6. The molecular formula is C50H31NO2. The van der Waals surface area contributed by atoms with E-state index < -0.39 is 0 Å². The lowest BCUT2D eigenvalue weighted by atomic mass is 9.97. The van der Waals surface area contributed by atoms with Gasteiger partial charge in [-0.15, -0.1) is 0 Å². The minimum absolute atomic E-state index is 0.893. The van der Waals surface area contributed by atoms with Crippen molar-refractivity contribution in [1.82, 2.24) is 0 Å². The van der Waals surface area contributed by atoms with Crippen molar-refractivity contribution < 1.29 is 8.83 Å². The van der Waals surface area contributed by atoms with Crippen molar-refractivity contribution in [3.8, 4) is 22.3 Å². The Bertz CT molecular complexity index is 3180. The molecule has 2 heterocycles. The minimum Gasteiger partial charge on any atom is -0.456 e. The first kappa shape index (κ1) is 29.6. The topological polar surface area (TPSA) is 29.5 Å². The van der Waals surface area contributed by atoms with Gasteiger partial charge in [0.25, 0.3) is 0 Å². The van der Waals surface area contributed by atoms with Crippen molar-refractivity contribution in [2.24, 2.45) is 0 Å². The molecule has 0 N–H and O–H groups in total. The van der Waals surface area contributed by atoms with Gasteiger partial charge in [-0.25, -0.2) is 0 Å². The molecule has 0 amide bonds. The minimum atomic E-state index is 0.893. The van der Waals surface area contributed by atoms with Crippen LogP contribution < -0.4 is 4.90 Å². The van der Waals surface area contributed by atoms with Crippen molar-refractivity contribution in [3.63, 3.8) is 0 Å². The molecule has 0 aliphatic heterocycles. The fourth-order valence-corrected chi connectivity index (χ4v) is 8.24. The second-order valence-electron chi connectivity index (χ2n) is 13.7. The van der Waals surface area contributed by atoms with E-state index in [-0.39, 0.29) is 0 Å². The van der Waals surface area contributed by atoms with Crippen LogP contribution in [0.4, 0.5) is 17.1 Å². The van der Waals surface area contributed by atoms with Crippen LogP contribution in [0.15, 0.2) is 197 Å². The van der Waals surface area contributed by atoms with Crippen LogP contribution in [0.5, 0.6) is 0 Å². The molecule has 2 aromatic heterocycles. The van der Waals surface area contributed by atoms with Gasteiger partial charge >= 0.3 is 0 Å². The number of fused-ring (bicyclic) bond motifs is 9. The van der Waals surface area contributed by atoms with Crippen molar-refractivity contribution in [2.45, 2.75) is 0 Å². The Kier molecular flexibility index (Phi) is 6.55. The molecule has 0 spiro atoms. The molecule has 0 unspecified atom stereocenters. The lowest BCUT2D eigenvalue weighted by Crippen LogP contribution is -2.10. The van der Waals surface area contributed by atoms with Gasteiger partial charge in [0.05, 0.1) is 5.69 Å². The highest BCUT2D eigenvalue weighted by atomic mass is 16.3. The molecule has 248 valence electrons. The van der Waals surface area contributed by atoms with Crippen molar-refractivity contribution in [2.75, 3.05) is 4.90 Å². The molecule has 11 aromatic rings. The number of hydrogen-bond acceptors (Lipinski definition) is 3. The first-order valence-electron chi connectivity index (χ1n) is 18.0. The molecule has 0 atom stereocenters. The molecule has 0 saturated carbocycles. The van der Waals surface area contributed by atoms with Gasteiger partial charge in [-0.2, -0.15) is 0 Å². The highest BCUT2D eigenvalue weighted by Crippen LogP contribution is 2.44. The normalized spacial score (nSPS) is 11.8. The van der Waals surface area contributed by atoms with E-state index in [1.807, 2.05) is 12.1 Å². The zero-order valence-corrected chi connectivity index (χ0v) is 28.7. The summed E-state index contributed by atoms with van der Waals surface area (Å²) in [4.78, 5) is 2.38. The van der Waals surface area contributed by atoms with E-state index in [1.165, 1.54) is 16.2 Å². The fourth-order valence-electron chi connectivity index (χ4n) is 8.24. The summed E-state index contributed by atoms with van der Waals surface area (Å²) in [6.07, 6.45) is 0. The van der Waals surface area contributed by atoms with Gasteiger partial charge in [0.2, 0.25) is 0 Å². The molecule has 3 nitrogen and oxygen atoms in total. The first-order chi connectivity index (χ1) is 26.3. The number of para-hydroxylation sites is 1. The Morgan fingerprint density at radius 3 is 1.77 bits per heavy atom. The van der Waals surface area contributed by atoms with Gasteiger partial charge in [0.15, 0.2) is 0 Å². The number of anilines is 3. The zero-order chi connectivity index (χ0) is 34.9. The van der Waals surface area contributed by atoms with E-state index >= 15 is 0 Å². The molecule has 3 heteroatoms. The Labute approximate surface area is 305 Å². The summed E-state index contributed by atoms with van der Waals surface area (Å²) in [5, 5.41) is 9.23. The van der Waals surface area contributed by atoms with Crippen LogP contribution in [0.2, 0.25) is 0 Å². The SMILES string of the molecule is c1cc(-c2cccc3oc4ccccc4c23)cc(N(c2ccc(-c3cccc4oc5c6ccccc6ccc5c34)cc2)c2cccc3ccccc23)c1. The summed E-state index contributed by atoms with van der Waals surface area (Å²) in [5.74, 6) is 0. The van der Waals surface area contributed by atoms with Gasteiger partial charge < -0.3 is 13.7 Å². The van der Waals surface area contributed by atoms with Gasteiger partial charge in [-0.1, -0.05) is 133 Å². The lowest BCUT2D eigenvalue weighted by molar-refractivity contribution is 0.669. The van der Waals surface area contributed by atoms with Gasteiger partial charge in [-0.3, -0.25) is 0 Å². The quantitative estimate of drug-likeness (QED) is 0.182. The van der Waals surface area contributed by atoms with E-state index in [2.05, 4.69) is 181 Å².